The van der Waals surface area contributed by atoms with E-state index < -0.39 is 0 Å². The Bertz CT molecular complexity index is 610. The topological polar surface area (TPSA) is 18.5 Å². The molecule has 1 unspecified atom stereocenters. The number of ether oxygens (including phenoxy) is 2. The quantitative estimate of drug-likeness (QED) is 0.836. The number of benzene rings is 2. The van der Waals surface area contributed by atoms with Crippen molar-refractivity contribution in [3.8, 4) is 11.5 Å². The third-order valence-corrected chi connectivity index (χ3v) is 4.81. The van der Waals surface area contributed by atoms with Crippen LogP contribution in [0.2, 0.25) is 0 Å². The van der Waals surface area contributed by atoms with Crippen LogP contribution in [0.15, 0.2) is 47.4 Å². The van der Waals surface area contributed by atoms with Gasteiger partial charge in [-0.15, -0.1) is 11.8 Å². The average molecular weight is 286 g/mol. The van der Waals surface area contributed by atoms with Gasteiger partial charge in [0.15, 0.2) is 11.5 Å². The second-order valence-corrected chi connectivity index (χ2v) is 6.07. The van der Waals surface area contributed by atoms with Crippen molar-refractivity contribution in [2.75, 3.05) is 19.5 Å². The highest BCUT2D eigenvalue weighted by molar-refractivity contribution is 7.99. The number of rotatable bonds is 4. The first-order valence-electron chi connectivity index (χ1n) is 6.77. The van der Waals surface area contributed by atoms with Crippen molar-refractivity contribution in [3.63, 3.8) is 0 Å². The molecule has 0 aromatic heterocycles. The molecular formula is C17H18O2S. The highest BCUT2D eigenvalue weighted by Crippen LogP contribution is 2.40. The van der Waals surface area contributed by atoms with E-state index in [0.717, 1.165) is 17.3 Å². The fourth-order valence-corrected chi connectivity index (χ4v) is 3.68. The van der Waals surface area contributed by atoms with Gasteiger partial charge < -0.3 is 9.47 Å². The molecule has 0 saturated heterocycles. The summed E-state index contributed by atoms with van der Waals surface area (Å²) >= 11 is 1.91. The molecule has 2 nitrogen and oxygen atoms in total. The Morgan fingerprint density at radius 2 is 2.00 bits per heavy atom. The first kappa shape index (κ1) is 13.4. The predicted octanol–water partition coefficient (Wildman–Crippen LogP) is 4.27. The van der Waals surface area contributed by atoms with Gasteiger partial charge in [-0.25, -0.2) is 0 Å². The lowest BCUT2D eigenvalue weighted by molar-refractivity contribution is 0.279. The molecule has 0 bridgehead atoms. The van der Waals surface area contributed by atoms with Gasteiger partial charge in [0.05, 0.1) is 13.7 Å². The molecule has 3 heteroatoms. The zero-order valence-electron chi connectivity index (χ0n) is 11.8. The zero-order valence-corrected chi connectivity index (χ0v) is 12.6. The van der Waals surface area contributed by atoms with Crippen LogP contribution in [0, 0.1) is 6.92 Å². The molecule has 2 aromatic carbocycles. The first-order chi connectivity index (χ1) is 9.78. The van der Waals surface area contributed by atoms with Crippen LogP contribution in [-0.2, 0) is 0 Å². The third kappa shape index (κ3) is 2.63. The molecule has 2 aromatic rings. The van der Waals surface area contributed by atoms with Gasteiger partial charge in [0, 0.05) is 16.6 Å². The van der Waals surface area contributed by atoms with Crippen LogP contribution in [0.25, 0.3) is 0 Å². The van der Waals surface area contributed by atoms with Crippen LogP contribution in [0.1, 0.15) is 17.0 Å². The summed E-state index contributed by atoms with van der Waals surface area (Å²) in [6, 6.07) is 14.6. The maximum Gasteiger partial charge on any atom is 0.161 e. The number of fused-ring (bicyclic) bond motifs is 1. The Morgan fingerprint density at radius 1 is 1.15 bits per heavy atom. The van der Waals surface area contributed by atoms with E-state index in [1.54, 1.807) is 7.11 Å². The molecule has 1 aliphatic heterocycles. The van der Waals surface area contributed by atoms with Gasteiger partial charge in [-0.1, -0.05) is 24.3 Å². The van der Waals surface area contributed by atoms with Gasteiger partial charge in [-0.05, 0) is 36.2 Å². The molecule has 0 saturated carbocycles. The zero-order chi connectivity index (χ0) is 13.9. The van der Waals surface area contributed by atoms with Crippen LogP contribution < -0.4 is 9.47 Å². The molecular weight excluding hydrogens is 268 g/mol. The third-order valence-electron chi connectivity index (χ3n) is 3.56. The summed E-state index contributed by atoms with van der Waals surface area (Å²) in [6.45, 7) is 2.75. The second kappa shape index (κ2) is 5.80. The summed E-state index contributed by atoms with van der Waals surface area (Å²) in [5, 5.41) is 0. The lowest BCUT2D eigenvalue weighted by atomic mass is 10.0. The maximum absolute atomic E-state index is 5.99. The normalized spacial score (nSPS) is 16.8. The summed E-state index contributed by atoms with van der Waals surface area (Å²) in [4.78, 5) is 1.39. The van der Waals surface area contributed by atoms with Gasteiger partial charge in [-0.2, -0.15) is 0 Å². The average Bonchev–Trinajstić information content (AvgIpc) is 2.89. The summed E-state index contributed by atoms with van der Waals surface area (Å²) in [5.41, 5.74) is 2.58. The van der Waals surface area contributed by atoms with Crippen molar-refractivity contribution < 1.29 is 9.47 Å². The lowest BCUT2D eigenvalue weighted by Gasteiger charge is -2.15. The van der Waals surface area contributed by atoms with E-state index >= 15 is 0 Å². The van der Waals surface area contributed by atoms with Crippen LogP contribution in [0.3, 0.4) is 0 Å². The fraction of sp³-hybridized carbons (Fsp3) is 0.294. The Morgan fingerprint density at radius 3 is 2.85 bits per heavy atom. The molecule has 1 heterocycles. The molecule has 0 aliphatic carbocycles. The monoisotopic (exact) mass is 286 g/mol. The van der Waals surface area contributed by atoms with Gasteiger partial charge in [0.1, 0.15) is 0 Å². The highest BCUT2D eigenvalue weighted by atomic mass is 32.2. The van der Waals surface area contributed by atoms with Gasteiger partial charge in [0.2, 0.25) is 0 Å². The van der Waals surface area contributed by atoms with Gasteiger partial charge >= 0.3 is 0 Å². The molecule has 1 aliphatic rings. The SMILES string of the molecule is COc1cc(C)ccc1OCC1CSc2ccccc21. The van der Waals surface area contributed by atoms with Gasteiger partial charge in [-0.3, -0.25) is 0 Å². The van der Waals surface area contributed by atoms with E-state index in [0.29, 0.717) is 12.5 Å². The lowest BCUT2D eigenvalue weighted by Crippen LogP contribution is -2.10. The van der Waals surface area contributed by atoms with Crippen molar-refractivity contribution in [2.24, 2.45) is 0 Å². The molecule has 20 heavy (non-hydrogen) atoms. The fourth-order valence-electron chi connectivity index (χ4n) is 2.45. The maximum atomic E-state index is 5.99. The molecule has 0 radical (unpaired) electrons. The summed E-state index contributed by atoms with van der Waals surface area (Å²) in [5.74, 6) is 3.19. The van der Waals surface area contributed by atoms with Crippen LogP contribution in [0.5, 0.6) is 11.5 Å². The van der Waals surface area contributed by atoms with Crippen molar-refractivity contribution in [1.82, 2.24) is 0 Å². The van der Waals surface area contributed by atoms with Gasteiger partial charge in [0.25, 0.3) is 0 Å². The van der Waals surface area contributed by atoms with Crippen molar-refractivity contribution >= 4 is 11.8 Å². The summed E-state index contributed by atoms with van der Waals surface area (Å²) in [6.07, 6.45) is 0. The Hall–Kier alpha value is -1.61. The molecule has 3 rings (SSSR count). The first-order valence-corrected chi connectivity index (χ1v) is 7.75. The minimum Gasteiger partial charge on any atom is -0.493 e. The molecule has 104 valence electrons. The highest BCUT2D eigenvalue weighted by Gasteiger charge is 2.23. The van der Waals surface area contributed by atoms with Crippen LogP contribution in [0.4, 0.5) is 0 Å². The predicted molar refractivity (Wildman–Crippen MR) is 83.1 cm³/mol. The van der Waals surface area contributed by atoms with E-state index in [2.05, 4.69) is 37.3 Å². The Kier molecular flexibility index (Phi) is 3.88. The minimum atomic E-state index is 0.460. The largest absolute Gasteiger partial charge is 0.493 e. The van der Waals surface area contributed by atoms with E-state index in [1.807, 2.05) is 23.9 Å². The van der Waals surface area contributed by atoms with E-state index in [4.69, 9.17) is 9.47 Å². The Balaban J connectivity index is 1.72. The number of aryl methyl sites for hydroxylation is 1. The van der Waals surface area contributed by atoms with E-state index in [9.17, 15) is 0 Å². The summed E-state index contributed by atoms with van der Waals surface area (Å²) in [7, 11) is 1.68. The molecule has 0 spiro atoms. The smallest absolute Gasteiger partial charge is 0.161 e. The van der Waals surface area contributed by atoms with Crippen LogP contribution in [-0.4, -0.2) is 19.5 Å². The standard InChI is InChI=1S/C17H18O2S/c1-12-7-8-15(16(9-12)18-2)19-10-13-11-20-17-6-4-3-5-14(13)17/h3-9,13H,10-11H2,1-2H3. The number of hydrogen-bond acceptors (Lipinski definition) is 3. The molecule has 0 fully saturated rings. The molecule has 0 amide bonds. The minimum absolute atomic E-state index is 0.460. The number of hydrogen-bond donors (Lipinski definition) is 0. The van der Waals surface area contributed by atoms with Crippen molar-refractivity contribution in [1.29, 1.82) is 0 Å². The second-order valence-electron chi connectivity index (χ2n) is 5.01. The van der Waals surface area contributed by atoms with Crippen molar-refractivity contribution in [2.45, 2.75) is 17.7 Å². The van der Waals surface area contributed by atoms with E-state index in [-0.39, 0.29) is 0 Å². The number of methoxy groups -OCH3 is 1. The Labute approximate surface area is 124 Å². The van der Waals surface area contributed by atoms with Crippen molar-refractivity contribution in [3.05, 3.63) is 53.6 Å². The molecule has 1 atom stereocenters. The van der Waals surface area contributed by atoms with Crippen LogP contribution >= 0.6 is 11.8 Å². The molecule has 0 N–H and O–H groups in total. The van der Waals surface area contributed by atoms with E-state index in [1.165, 1.54) is 16.0 Å². The number of thioether (sulfide) groups is 1. The summed E-state index contributed by atoms with van der Waals surface area (Å²) < 4.78 is 11.4.